The summed E-state index contributed by atoms with van der Waals surface area (Å²) in [6, 6.07) is 14.9. The van der Waals surface area contributed by atoms with Crippen LogP contribution in [-0.4, -0.2) is 23.0 Å². The molecule has 0 fully saturated rings. The molecule has 0 radical (unpaired) electrons. The number of carbonyl (C=O) groups excluding carboxylic acids is 1. The van der Waals surface area contributed by atoms with Crippen LogP contribution in [0.5, 0.6) is 5.75 Å². The summed E-state index contributed by atoms with van der Waals surface area (Å²) in [6.07, 6.45) is 0. The third kappa shape index (κ3) is 4.61. The van der Waals surface area contributed by atoms with E-state index in [1.165, 1.54) is 5.56 Å². The lowest BCUT2D eigenvalue weighted by Crippen LogP contribution is -2.15. The van der Waals surface area contributed by atoms with Gasteiger partial charge < -0.3 is 15.4 Å². The Labute approximate surface area is 158 Å². The topological polar surface area (TPSA) is 76.1 Å². The van der Waals surface area contributed by atoms with Gasteiger partial charge in [0.1, 0.15) is 23.1 Å². The molecule has 0 saturated carbocycles. The van der Waals surface area contributed by atoms with Gasteiger partial charge >= 0.3 is 0 Å². The predicted octanol–water partition coefficient (Wildman–Crippen LogP) is 4.41. The first kappa shape index (κ1) is 18.4. The van der Waals surface area contributed by atoms with Gasteiger partial charge in [0, 0.05) is 17.4 Å². The monoisotopic (exact) mass is 362 g/mol. The van der Waals surface area contributed by atoms with Crippen LogP contribution >= 0.6 is 0 Å². The largest absolute Gasteiger partial charge is 0.497 e. The van der Waals surface area contributed by atoms with Crippen molar-refractivity contribution in [1.29, 1.82) is 0 Å². The van der Waals surface area contributed by atoms with Gasteiger partial charge in [-0.05, 0) is 56.7 Å². The second kappa shape index (κ2) is 7.86. The first-order valence-electron chi connectivity index (χ1n) is 8.60. The molecule has 0 spiro atoms. The molecule has 1 amide bonds. The van der Waals surface area contributed by atoms with Crippen LogP contribution in [0.2, 0.25) is 0 Å². The molecule has 0 bridgehead atoms. The van der Waals surface area contributed by atoms with E-state index in [2.05, 4.69) is 26.7 Å². The Bertz CT molecular complexity index is 968. The number of aryl methyl sites for hydroxylation is 3. The quantitative estimate of drug-likeness (QED) is 0.703. The summed E-state index contributed by atoms with van der Waals surface area (Å²) >= 11 is 0. The van der Waals surface area contributed by atoms with Crippen molar-refractivity contribution in [2.24, 2.45) is 0 Å². The van der Waals surface area contributed by atoms with E-state index >= 15 is 0 Å². The van der Waals surface area contributed by atoms with Gasteiger partial charge in [-0.2, -0.15) is 0 Å². The van der Waals surface area contributed by atoms with E-state index in [0.717, 1.165) is 17.0 Å². The molecule has 2 aromatic carbocycles. The molecule has 138 valence electrons. The first-order valence-corrected chi connectivity index (χ1v) is 8.60. The first-order chi connectivity index (χ1) is 12.9. The van der Waals surface area contributed by atoms with Crippen molar-refractivity contribution < 1.29 is 9.53 Å². The fourth-order valence-corrected chi connectivity index (χ4v) is 2.71. The summed E-state index contributed by atoms with van der Waals surface area (Å²) in [4.78, 5) is 21.2. The van der Waals surface area contributed by atoms with E-state index < -0.39 is 0 Å². The molecule has 1 aromatic heterocycles. The molecule has 1 heterocycles. The average Bonchev–Trinajstić information content (AvgIpc) is 2.64. The highest BCUT2D eigenvalue weighted by Gasteiger charge is 2.12. The van der Waals surface area contributed by atoms with Gasteiger partial charge in [-0.3, -0.25) is 4.79 Å². The molecule has 6 nitrogen and oxygen atoms in total. The second-order valence-electron chi connectivity index (χ2n) is 6.31. The number of carbonyl (C=O) groups is 1. The molecule has 0 unspecified atom stereocenters. The molecule has 0 atom stereocenters. The summed E-state index contributed by atoms with van der Waals surface area (Å²) < 4.78 is 5.12. The molecule has 3 aromatic rings. The molecular weight excluding hydrogens is 340 g/mol. The third-order valence-electron chi connectivity index (χ3n) is 4.06. The molecule has 0 aliphatic rings. The van der Waals surface area contributed by atoms with Crippen molar-refractivity contribution in [3.63, 3.8) is 0 Å². The SMILES string of the molecule is COc1ccc(NC(=O)c2cc(Nc3ccc(C)cc3C)nc(C)n2)cc1. The van der Waals surface area contributed by atoms with Gasteiger partial charge in [0.15, 0.2) is 0 Å². The predicted molar refractivity (Wildman–Crippen MR) is 107 cm³/mol. The normalized spacial score (nSPS) is 10.4. The van der Waals surface area contributed by atoms with E-state index in [-0.39, 0.29) is 5.91 Å². The number of amides is 1. The fourth-order valence-electron chi connectivity index (χ4n) is 2.71. The summed E-state index contributed by atoms with van der Waals surface area (Å²) in [6.45, 7) is 5.84. The minimum Gasteiger partial charge on any atom is -0.497 e. The Balaban J connectivity index is 1.80. The fraction of sp³-hybridized carbons (Fsp3) is 0.190. The highest BCUT2D eigenvalue weighted by molar-refractivity contribution is 6.03. The van der Waals surface area contributed by atoms with Crippen LogP contribution in [0.3, 0.4) is 0 Å². The van der Waals surface area contributed by atoms with E-state index in [1.807, 2.05) is 26.0 Å². The number of nitrogens with zero attached hydrogens (tertiary/aromatic N) is 2. The van der Waals surface area contributed by atoms with Crippen LogP contribution in [0.4, 0.5) is 17.2 Å². The number of aromatic nitrogens is 2. The number of hydrogen-bond acceptors (Lipinski definition) is 5. The minimum atomic E-state index is -0.297. The number of rotatable bonds is 5. The number of ether oxygens (including phenoxy) is 1. The maximum Gasteiger partial charge on any atom is 0.274 e. The van der Waals surface area contributed by atoms with Crippen LogP contribution < -0.4 is 15.4 Å². The standard InChI is InChI=1S/C21H22N4O2/c1-13-5-10-18(14(2)11-13)25-20-12-19(22-15(3)23-20)21(26)24-16-6-8-17(27-4)9-7-16/h5-12H,1-4H3,(H,24,26)(H,22,23,25). The summed E-state index contributed by atoms with van der Waals surface area (Å²) in [5, 5.41) is 6.10. The van der Waals surface area contributed by atoms with Gasteiger partial charge in [-0.15, -0.1) is 0 Å². The molecule has 0 saturated heterocycles. The Hall–Kier alpha value is -3.41. The Morgan fingerprint density at radius 2 is 1.70 bits per heavy atom. The van der Waals surface area contributed by atoms with E-state index in [4.69, 9.17) is 4.74 Å². The zero-order valence-corrected chi connectivity index (χ0v) is 15.8. The smallest absolute Gasteiger partial charge is 0.274 e. The van der Waals surface area contributed by atoms with Crippen LogP contribution in [0, 0.1) is 20.8 Å². The van der Waals surface area contributed by atoms with Crippen molar-refractivity contribution in [2.75, 3.05) is 17.7 Å². The van der Waals surface area contributed by atoms with Gasteiger partial charge in [0.25, 0.3) is 5.91 Å². The third-order valence-corrected chi connectivity index (χ3v) is 4.06. The van der Waals surface area contributed by atoms with Crippen molar-refractivity contribution >= 4 is 23.1 Å². The van der Waals surface area contributed by atoms with Crippen molar-refractivity contribution in [3.8, 4) is 5.75 Å². The van der Waals surface area contributed by atoms with Crippen molar-refractivity contribution in [2.45, 2.75) is 20.8 Å². The lowest BCUT2D eigenvalue weighted by atomic mass is 10.1. The maximum absolute atomic E-state index is 12.6. The van der Waals surface area contributed by atoms with Gasteiger partial charge in [0.2, 0.25) is 0 Å². The minimum absolute atomic E-state index is 0.297. The number of nitrogens with one attached hydrogen (secondary N) is 2. The zero-order valence-electron chi connectivity index (χ0n) is 15.8. The molecule has 3 rings (SSSR count). The van der Waals surface area contributed by atoms with Crippen molar-refractivity contribution in [1.82, 2.24) is 9.97 Å². The number of benzene rings is 2. The lowest BCUT2D eigenvalue weighted by Gasteiger charge is -2.12. The molecule has 27 heavy (non-hydrogen) atoms. The maximum atomic E-state index is 12.6. The lowest BCUT2D eigenvalue weighted by molar-refractivity contribution is 0.102. The number of hydrogen-bond donors (Lipinski definition) is 2. The van der Waals surface area contributed by atoms with Crippen LogP contribution in [0.25, 0.3) is 0 Å². The van der Waals surface area contributed by atoms with Crippen LogP contribution in [0.1, 0.15) is 27.4 Å². The Morgan fingerprint density at radius 3 is 2.37 bits per heavy atom. The van der Waals surface area contributed by atoms with E-state index in [1.54, 1.807) is 44.4 Å². The van der Waals surface area contributed by atoms with Gasteiger partial charge in [-0.25, -0.2) is 9.97 Å². The number of anilines is 3. The van der Waals surface area contributed by atoms with Gasteiger partial charge in [0.05, 0.1) is 7.11 Å². The highest BCUT2D eigenvalue weighted by Crippen LogP contribution is 2.21. The zero-order chi connectivity index (χ0) is 19.4. The van der Waals surface area contributed by atoms with E-state index in [9.17, 15) is 4.79 Å². The molecule has 0 aliphatic heterocycles. The second-order valence-corrected chi connectivity index (χ2v) is 6.31. The Kier molecular flexibility index (Phi) is 5.35. The summed E-state index contributed by atoms with van der Waals surface area (Å²) in [7, 11) is 1.60. The van der Waals surface area contributed by atoms with Crippen LogP contribution in [-0.2, 0) is 0 Å². The summed E-state index contributed by atoms with van der Waals surface area (Å²) in [5.74, 6) is 1.53. The molecule has 2 N–H and O–H groups in total. The molecular formula is C21H22N4O2. The Morgan fingerprint density at radius 1 is 0.963 bits per heavy atom. The molecule has 0 aliphatic carbocycles. The van der Waals surface area contributed by atoms with Gasteiger partial charge in [-0.1, -0.05) is 17.7 Å². The van der Waals surface area contributed by atoms with Crippen LogP contribution in [0.15, 0.2) is 48.5 Å². The number of methoxy groups -OCH3 is 1. The van der Waals surface area contributed by atoms with E-state index in [0.29, 0.717) is 23.0 Å². The molecule has 6 heteroatoms. The average molecular weight is 362 g/mol. The highest BCUT2D eigenvalue weighted by atomic mass is 16.5. The summed E-state index contributed by atoms with van der Waals surface area (Å²) in [5.41, 5.74) is 4.21. The van der Waals surface area contributed by atoms with Crippen molar-refractivity contribution in [3.05, 3.63) is 71.2 Å².